The lowest BCUT2D eigenvalue weighted by atomic mass is 10.2. The molecule has 1 rings (SSSR count). The highest BCUT2D eigenvalue weighted by atomic mass is 127. The van der Waals surface area contributed by atoms with E-state index in [4.69, 9.17) is 0 Å². The molecule has 0 fully saturated rings. The first kappa shape index (κ1) is 14.9. The van der Waals surface area contributed by atoms with Gasteiger partial charge in [0.25, 0.3) is 0 Å². The summed E-state index contributed by atoms with van der Waals surface area (Å²) in [6.45, 7) is 2.04. The Balaban J connectivity index is 2.33. The van der Waals surface area contributed by atoms with Crippen molar-refractivity contribution in [3.05, 3.63) is 41.3 Å². The van der Waals surface area contributed by atoms with Crippen molar-refractivity contribution in [2.45, 2.75) is 37.5 Å². The molecule has 0 heterocycles. The fourth-order valence-electron chi connectivity index (χ4n) is 1.44. The number of unbranched alkanes of at least 4 members (excludes halogenated alkanes) is 3. The Morgan fingerprint density at radius 1 is 1.18 bits per heavy atom. The third-order valence-corrected chi connectivity index (χ3v) is 4.42. The molecule has 0 saturated heterocycles. The maximum absolute atomic E-state index is 11.9. The van der Waals surface area contributed by atoms with E-state index < -0.39 is 10.8 Å². The number of benzene rings is 1. The number of allylic oxidation sites excluding steroid dienone is 1. The minimum Gasteiger partial charge on any atom is -0.250 e. The summed E-state index contributed by atoms with van der Waals surface area (Å²) >= 11 is 2.40. The van der Waals surface area contributed by atoms with Crippen LogP contribution in [-0.4, -0.2) is 8.64 Å². The summed E-state index contributed by atoms with van der Waals surface area (Å²) in [7, 11) is -0.981. The predicted octanol–water partition coefficient (Wildman–Crippen LogP) is 4.61. The van der Waals surface area contributed by atoms with Gasteiger partial charge in [0.2, 0.25) is 0 Å². The number of halogens is 1. The number of alkyl halides is 1. The van der Waals surface area contributed by atoms with Crippen LogP contribution in [0.15, 0.2) is 40.6 Å². The zero-order valence-corrected chi connectivity index (χ0v) is 13.2. The quantitative estimate of drug-likeness (QED) is 0.393. The maximum Gasteiger partial charge on any atom is 0.0772 e. The van der Waals surface area contributed by atoms with Crippen molar-refractivity contribution in [1.29, 1.82) is 0 Å². The lowest BCUT2D eigenvalue weighted by Crippen LogP contribution is -1.86. The zero-order valence-electron chi connectivity index (χ0n) is 10.2. The van der Waals surface area contributed by atoms with E-state index >= 15 is 0 Å². The second-order valence-electron chi connectivity index (χ2n) is 4.02. The fraction of sp³-hybridized carbons (Fsp3) is 0.429. The van der Waals surface area contributed by atoms with Gasteiger partial charge in [-0.2, -0.15) is 0 Å². The summed E-state index contributed by atoms with van der Waals surface area (Å²) in [6.07, 6.45) is 6.84. The van der Waals surface area contributed by atoms with Crippen molar-refractivity contribution in [2.24, 2.45) is 0 Å². The largest absolute Gasteiger partial charge is 0.250 e. The molecule has 1 aromatic rings. The highest BCUT2D eigenvalue weighted by Gasteiger charge is 1.97. The van der Waals surface area contributed by atoms with E-state index in [2.05, 4.69) is 22.6 Å². The van der Waals surface area contributed by atoms with Gasteiger partial charge in [-0.25, -0.2) is 4.21 Å². The van der Waals surface area contributed by atoms with E-state index in [1.54, 1.807) is 0 Å². The van der Waals surface area contributed by atoms with Crippen LogP contribution in [0.2, 0.25) is 0 Å². The van der Waals surface area contributed by atoms with E-state index in [1.807, 2.05) is 42.7 Å². The van der Waals surface area contributed by atoms with Crippen molar-refractivity contribution in [2.75, 3.05) is 4.43 Å². The second-order valence-corrected chi connectivity index (χ2v) is 6.44. The summed E-state index contributed by atoms with van der Waals surface area (Å²) in [5.41, 5.74) is 1.20. The molecule has 0 aliphatic carbocycles. The topological polar surface area (TPSA) is 17.1 Å². The van der Waals surface area contributed by atoms with Crippen LogP contribution in [0.1, 0.15) is 31.2 Å². The molecule has 3 heteroatoms. The maximum atomic E-state index is 11.9. The Kier molecular flexibility index (Phi) is 7.77. The molecule has 0 spiro atoms. The first-order chi connectivity index (χ1) is 8.24. The van der Waals surface area contributed by atoms with Gasteiger partial charge in [-0.15, -0.1) is 0 Å². The molecule has 0 bridgehead atoms. The van der Waals surface area contributed by atoms with Gasteiger partial charge in [-0.3, -0.25) is 0 Å². The summed E-state index contributed by atoms with van der Waals surface area (Å²) in [4.78, 5) is 0.888. The highest BCUT2D eigenvalue weighted by Crippen LogP contribution is 2.10. The molecule has 17 heavy (non-hydrogen) atoms. The SMILES string of the molecule is Cc1ccc(S(=O)/C=C\CCCCCI)cc1. The second kappa shape index (κ2) is 8.86. The molecule has 1 nitrogen and oxygen atoms in total. The Labute approximate surface area is 120 Å². The lowest BCUT2D eigenvalue weighted by Gasteiger charge is -1.98. The van der Waals surface area contributed by atoms with E-state index in [0.29, 0.717) is 0 Å². The molecule has 0 N–H and O–H groups in total. The van der Waals surface area contributed by atoms with Gasteiger partial charge in [0.05, 0.1) is 10.8 Å². The number of hydrogen-bond acceptors (Lipinski definition) is 1. The van der Waals surface area contributed by atoms with Crippen LogP contribution in [0.3, 0.4) is 0 Å². The summed E-state index contributed by atoms with van der Waals surface area (Å²) < 4.78 is 13.1. The first-order valence-electron chi connectivity index (χ1n) is 5.94. The van der Waals surface area contributed by atoms with E-state index in [-0.39, 0.29) is 0 Å². The van der Waals surface area contributed by atoms with Gasteiger partial charge >= 0.3 is 0 Å². The smallest absolute Gasteiger partial charge is 0.0772 e. The highest BCUT2D eigenvalue weighted by molar-refractivity contribution is 14.1. The molecule has 0 radical (unpaired) electrons. The fourth-order valence-corrected chi connectivity index (χ4v) is 2.85. The molecule has 1 atom stereocenters. The van der Waals surface area contributed by atoms with Crippen LogP contribution in [0.25, 0.3) is 0 Å². The van der Waals surface area contributed by atoms with Crippen molar-refractivity contribution >= 4 is 33.4 Å². The van der Waals surface area contributed by atoms with Gasteiger partial charge in [-0.05, 0) is 42.7 Å². The Morgan fingerprint density at radius 2 is 1.88 bits per heavy atom. The van der Waals surface area contributed by atoms with Crippen molar-refractivity contribution in [1.82, 2.24) is 0 Å². The van der Waals surface area contributed by atoms with Gasteiger partial charge in [-0.1, -0.05) is 52.8 Å². The third-order valence-electron chi connectivity index (χ3n) is 2.48. The summed E-state index contributed by atoms with van der Waals surface area (Å²) in [6, 6.07) is 7.88. The molecular formula is C14H19IOS. The summed E-state index contributed by atoms with van der Waals surface area (Å²) in [5, 5.41) is 1.81. The molecule has 0 amide bonds. The van der Waals surface area contributed by atoms with Crippen LogP contribution in [0, 0.1) is 6.92 Å². The normalized spacial score (nSPS) is 13.1. The molecule has 0 aliphatic heterocycles. The minimum absolute atomic E-state index is 0.888. The van der Waals surface area contributed by atoms with Crippen molar-refractivity contribution < 1.29 is 4.21 Å². The predicted molar refractivity (Wildman–Crippen MR) is 84.1 cm³/mol. The zero-order chi connectivity index (χ0) is 12.5. The standard InChI is InChI=1S/C14H19IOS/c1-13-7-9-14(10-8-13)17(16)12-6-4-2-3-5-11-15/h6-10,12H,2-5,11H2,1H3/b12-6-. The molecule has 0 saturated carbocycles. The van der Waals surface area contributed by atoms with Gasteiger partial charge in [0.1, 0.15) is 0 Å². The van der Waals surface area contributed by atoms with Gasteiger partial charge in [0, 0.05) is 10.3 Å². The first-order valence-corrected chi connectivity index (χ1v) is 8.68. The Hall–Kier alpha value is -0.160. The number of hydrogen-bond donors (Lipinski definition) is 0. The third kappa shape index (κ3) is 6.36. The van der Waals surface area contributed by atoms with Crippen LogP contribution >= 0.6 is 22.6 Å². The molecule has 1 unspecified atom stereocenters. The molecule has 0 aliphatic rings. The molecule has 0 aromatic heterocycles. The van der Waals surface area contributed by atoms with E-state index in [1.165, 1.54) is 29.3 Å². The Morgan fingerprint density at radius 3 is 2.53 bits per heavy atom. The minimum atomic E-state index is -0.981. The van der Waals surface area contributed by atoms with E-state index in [0.717, 1.165) is 11.3 Å². The monoisotopic (exact) mass is 362 g/mol. The van der Waals surface area contributed by atoms with Gasteiger partial charge in [0.15, 0.2) is 0 Å². The van der Waals surface area contributed by atoms with Crippen LogP contribution in [0.4, 0.5) is 0 Å². The molecular weight excluding hydrogens is 343 g/mol. The van der Waals surface area contributed by atoms with Crippen LogP contribution < -0.4 is 0 Å². The average molecular weight is 362 g/mol. The average Bonchev–Trinajstić information content (AvgIpc) is 2.34. The molecule has 94 valence electrons. The van der Waals surface area contributed by atoms with Crippen LogP contribution in [-0.2, 0) is 10.8 Å². The van der Waals surface area contributed by atoms with Crippen LogP contribution in [0.5, 0.6) is 0 Å². The number of rotatable bonds is 7. The number of aryl methyl sites for hydroxylation is 1. The molecule has 1 aromatic carbocycles. The van der Waals surface area contributed by atoms with E-state index in [9.17, 15) is 4.21 Å². The van der Waals surface area contributed by atoms with Crippen molar-refractivity contribution in [3.8, 4) is 0 Å². The lowest BCUT2D eigenvalue weighted by molar-refractivity contribution is 0.688. The van der Waals surface area contributed by atoms with Gasteiger partial charge < -0.3 is 0 Å². The Bertz CT molecular complexity index is 370. The summed E-state index contributed by atoms with van der Waals surface area (Å²) in [5.74, 6) is 0. The van der Waals surface area contributed by atoms with Crippen molar-refractivity contribution in [3.63, 3.8) is 0 Å².